The van der Waals surface area contributed by atoms with Crippen LogP contribution in [-0.4, -0.2) is 18.3 Å². The molecule has 0 unspecified atom stereocenters. The second-order valence-corrected chi connectivity index (χ2v) is 4.29. The average Bonchev–Trinajstić information content (AvgIpc) is 2.46. The summed E-state index contributed by atoms with van der Waals surface area (Å²) in [4.78, 5) is 0. The number of benzene rings is 2. The van der Waals surface area contributed by atoms with Crippen LogP contribution in [0, 0.1) is 0 Å². The van der Waals surface area contributed by atoms with Crippen LogP contribution in [-0.2, 0) is 11.3 Å². The highest BCUT2D eigenvalue weighted by Gasteiger charge is 2.09. The summed E-state index contributed by atoms with van der Waals surface area (Å²) in [6, 6.07) is 20.0. The van der Waals surface area contributed by atoms with Crippen LogP contribution in [0.1, 0.15) is 17.0 Å². The summed E-state index contributed by atoms with van der Waals surface area (Å²) in [5.74, 6) is 0.0508. The molecule has 2 rings (SSSR count). The highest BCUT2D eigenvalue weighted by molar-refractivity contribution is 5.19. The molecule has 2 aromatic carbocycles. The van der Waals surface area contributed by atoms with Crippen LogP contribution < -0.4 is 0 Å². The summed E-state index contributed by atoms with van der Waals surface area (Å²) in [5.41, 5.74) is 2.27. The van der Waals surface area contributed by atoms with Crippen molar-refractivity contribution in [3.63, 3.8) is 0 Å². The van der Waals surface area contributed by atoms with Gasteiger partial charge in [0.15, 0.2) is 0 Å². The van der Waals surface area contributed by atoms with E-state index in [1.54, 1.807) is 0 Å². The Bertz CT molecular complexity index is 439. The number of ether oxygens (including phenoxy) is 1. The van der Waals surface area contributed by atoms with Crippen LogP contribution in [0.5, 0.6) is 0 Å². The van der Waals surface area contributed by atoms with Crippen LogP contribution >= 0.6 is 0 Å². The van der Waals surface area contributed by atoms with Gasteiger partial charge >= 0.3 is 0 Å². The van der Waals surface area contributed by atoms with Gasteiger partial charge in [0.2, 0.25) is 0 Å². The Labute approximate surface area is 108 Å². The van der Waals surface area contributed by atoms with Crippen molar-refractivity contribution < 1.29 is 9.84 Å². The van der Waals surface area contributed by atoms with E-state index in [0.717, 1.165) is 11.1 Å². The lowest BCUT2D eigenvalue weighted by Crippen LogP contribution is -2.12. The van der Waals surface area contributed by atoms with Crippen LogP contribution in [0.15, 0.2) is 60.7 Å². The fourth-order valence-corrected chi connectivity index (χ4v) is 1.87. The molecule has 2 aromatic rings. The molecule has 0 amide bonds. The molecule has 2 nitrogen and oxygen atoms in total. The lowest BCUT2D eigenvalue weighted by molar-refractivity contribution is 0.0882. The van der Waals surface area contributed by atoms with E-state index in [1.165, 1.54) is 0 Å². The molecule has 0 fully saturated rings. The number of aliphatic hydroxyl groups is 1. The number of rotatable bonds is 6. The second-order valence-electron chi connectivity index (χ2n) is 4.29. The van der Waals surface area contributed by atoms with Crippen LogP contribution in [0.4, 0.5) is 0 Å². The number of hydrogen-bond donors (Lipinski definition) is 1. The normalized spacial score (nSPS) is 12.3. The molecular weight excluding hydrogens is 224 g/mol. The van der Waals surface area contributed by atoms with Gasteiger partial charge in [-0.3, -0.25) is 0 Å². The first kappa shape index (κ1) is 12.8. The zero-order chi connectivity index (χ0) is 12.6. The van der Waals surface area contributed by atoms with E-state index in [2.05, 4.69) is 0 Å². The third kappa shape index (κ3) is 3.69. The third-order valence-corrected chi connectivity index (χ3v) is 2.92. The van der Waals surface area contributed by atoms with E-state index >= 15 is 0 Å². The molecule has 0 spiro atoms. The second kappa shape index (κ2) is 6.94. The predicted octanol–water partition coefficient (Wildman–Crippen LogP) is 2.98. The molecule has 0 aliphatic carbocycles. The quantitative estimate of drug-likeness (QED) is 0.843. The van der Waals surface area contributed by atoms with Crippen molar-refractivity contribution in [3.05, 3.63) is 71.8 Å². The van der Waals surface area contributed by atoms with E-state index in [1.807, 2.05) is 60.7 Å². The van der Waals surface area contributed by atoms with Gasteiger partial charge in [0.05, 0.1) is 19.8 Å². The van der Waals surface area contributed by atoms with Gasteiger partial charge in [-0.1, -0.05) is 60.7 Å². The van der Waals surface area contributed by atoms with Crippen LogP contribution in [0.3, 0.4) is 0 Å². The van der Waals surface area contributed by atoms with Gasteiger partial charge in [-0.05, 0) is 11.1 Å². The monoisotopic (exact) mass is 242 g/mol. The largest absolute Gasteiger partial charge is 0.396 e. The van der Waals surface area contributed by atoms with Crippen molar-refractivity contribution >= 4 is 0 Å². The van der Waals surface area contributed by atoms with E-state index in [-0.39, 0.29) is 12.5 Å². The summed E-state index contributed by atoms with van der Waals surface area (Å²) in [5, 5.41) is 9.40. The molecule has 0 bridgehead atoms. The number of hydrogen-bond acceptors (Lipinski definition) is 2. The molecule has 0 aromatic heterocycles. The Morgan fingerprint density at radius 1 is 0.889 bits per heavy atom. The van der Waals surface area contributed by atoms with Crippen LogP contribution in [0.25, 0.3) is 0 Å². The van der Waals surface area contributed by atoms with Gasteiger partial charge in [0.1, 0.15) is 0 Å². The van der Waals surface area contributed by atoms with E-state index < -0.39 is 0 Å². The third-order valence-electron chi connectivity index (χ3n) is 2.92. The lowest BCUT2D eigenvalue weighted by Gasteiger charge is -2.14. The van der Waals surface area contributed by atoms with E-state index in [9.17, 15) is 5.11 Å². The summed E-state index contributed by atoms with van der Waals surface area (Å²) in [6.45, 7) is 1.23. The molecule has 0 saturated carbocycles. The maximum Gasteiger partial charge on any atom is 0.0717 e. The minimum absolute atomic E-state index is 0.0508. The molecule has 18 heavy (non-hydrogen) atoms. The van der Waals surface area contributed by atoms with Gasteiger partial charge in [0, 0.05) is 5.92 Å². The SMILES string of the molecule is OC[C@H](COCc1ccccc1)c1ccccc1. The molecule has 94 valence electrons. The molecule has 1 atom stereocenters. The van der Waals surface area contributed by atoms with Crippen LogP contribution in [0.2, 0.25) is 0 Å². The zero-order valence-corrected chi connectivity index (χ0v) is 10.3. The Morgan fingerprint density at radius 2 is 1.50 bits per heavy atom. The van der Waals surface area contributed by atoms with Crippen molar-refractivity contribution in [2.45, 2.75) is 12.5 Å². The molecule has 1 N–H and O–H groups in total. The molecule has 0 saturated heterocycles. The molecule has 0 aliphatic heterocycles. The minimum atomic E-state index is 0.0508. The summed E-state index contributed by atoms with van der Waals surface area (Å²) in [7, 11) is 0. The summed E-state index contributed by atoms with van der Waals surface area (Å²) >= 11 is 0. The molecule has 2 heteroatoms. The van der Waals surface area contributed by atoms with Gasteiger partial charge in [-0.25, -0.2) is 0 Å². The summed E-state index contributed by atoms with van der Waals surface area (Å²) in [6.07, 6.45) is 0. The van der Waals surface area contributed by atoms with Crippen molar-refractivity contribution in [3.8, 4) is 0 Å². The number of aliphatic hydroxyl groups excluding tert-OH is 1. The lowest BCUT2D eigenvalue weighted by atomic mass is 10.0. The first-order valence-corrected chi connectivity index (χ1v) is 6.17. The highest BCUT2D eigenvalue weighted by atomic mass is 16.5. The average molecular weight is 242 g/mol. The zero-order valence-electron chi connectivity index (χ0n) is 10.3. The van der Waals surface area contributed by atoms with Gasteiger partial charge in [-0.15, -0.1) is 0 Å². The smallest absolute Gasteiger partial charge is 0.0717 e. The summed E-state index contributed by atoms with van der Waals surface area (Å²) < 4.78 is 5.67. The molecule has 0 heterocycles. The fourth-order valence-electron chi connectivity index (χ4n) is 1.87. The topological polar surface area (TPSA) is 29.5 Å². The minimum Gasteiger partial charge on any atom is -0.396 e. The maximum absolute atomic E-state index is 9.40. The first-order chi connectivity index (χ1) is 8.90. The first-order valence-electron chi connectivity index (χ1n) is 6.17. The van der Waals surface area contributed by atoms with Gasteiger partial charge in [-0.2, -0.15) is 0 Å². The van der Waals surface area contributed by atoms with Gasteiger partial charge < -0.3 is 9.84 Å². The van der Waals surface area contributed by atoms with E-state index in [0.29, 0.717) is 13.2 Å². The van der Waals surface area contributed by atoms with Gasteiger partial charge in [0.25, 0.3) is 0 Å². The Balaban J connectivity index is 1.85. The molecule has 0 aliphatic rings. The van der Waals surface area contributed by atoms with E-state index in [4.69, 9.17) is 4.74 Å². The molecular formula is C16H18O2. The fraction of sp³-hybridized carbons (Fsp3) is 0.250. The maximum atomic E-state index is 9.40. The predicted molar refractivity (Wildman–Crippen MR) is 72.4 cm³/mol. The highest BCUT2D eigenvalue weighted by Crippen LogP contribution is 2.15. The van der Waals surface area contributed by atoms with Crippen molar-refractivity contribution in [2.24, 2.45) is 0 Å². The van der Waals surface area contributed by atoms with Crippen molar-refractivity contribution in [2.75, 3.05) is 13.2 Å². The Hall–Kier alpha value is -1.64. The standard InChI is InChI=1S/C16H18O2/c17-11-16(15-9-5-2-6-10-15)13-18-12-14-7-3-1-4-8-14/h1-10,16-17H,11-13H2/t16-/m1/s1. The van der Waals surface area contributed by atoms with Crippen molar-refractivity contribution in [1.82, 2.24) is 0 Å². The Morgan fingerprint density at radius 3 is 2.11 bits per heavy atom. The molecule has 0 radical (unpaired) electrons. The Kier molecular flexibility index (Phi) is 4.94. The van der Waals surface area contributed by atoms with Crippen molar-refractivity contribution in [1.29, 1.82) is 0 Å².